The number of nitrogens with one attached hydrogen (secondary N) is 4. The molecule has 0 aromatic heterocycles. The second-order valence-corrected chi connectivity index (χ2v) is 21.6. The zero-order chi connectivity index (χ0) is 61.6. The number of nitrogen functional groups attached to an aromatic ring is 2. The Bertz CT molecular complexity index is 3100. The molecule has 2 fully saturated rings. The van der Waals surface area contributed by atoms with Crippen LogP contribution in [0, 0.1) is 45.6 Å². The quantitative estimate of drug-likeness (QED) is 0.0169. The molecule has 0 atom stereocenters. The lowest BCUT2D eigenvalue weighted by molar-refractivity contribution is 0.135. The Morgan fingerprint density at radius 3 is 1.41 bits per heavy atom. The Hall–Kier alpha value is -8.88. The number of rotatable bonds is 24. The number of carbonyl (C=O) groups excluding carboxylic acids is 2. The lowest BCUT2D eigenvalue weighted by atomic mass is 9.97. The summed E-state index contributed by atoms with van der Waals surface area (Å²) in [7, 11) is 0. The van der Waals surface area contributed by atoms with Gasteiger partial charge in [-0.2, -0.15) is 4.99 Å². The van der Waals surface area contributed by atoms with E-state index in [4.69, 9.17) is 61.9 Å². The summed E-state index contributed by atoms with van der Waals surface area (Å²) in [6, 6.07) is 41.5. The molecule has 8 rings (SSSR count). The van der Waals surface area contributed by atoms with Gasteiger partial charge in [-0.05, 0) is 166 Å². The van der Waals surface area contributed by atoms with Gasteiger partial charge in [0, 0.05) is 36.3 Å². The van der Waals surface area contributed by atoms with Crippen LogP contribution in [0.1, 0.15) is 92.7 Å². The van der Waals surface area contributed by atoms with E-state index in [0.29, 0.717) is 66.6 Å². The highest BCUT2D eigenvalue weighted by Crippen LogP contribution is 2.24. The Morgan fingerprint density at radius 2 is 0.977 bits per heavy atom. The van der Waals surface area contributed by atoms with Crippen LogP contribution in [0.3, 0.4) is 0 Å². The van der Waals surface area contributed by atoms with Crippen molar-refractivity contribution >= 4 is 35.5 Å². The molecular weight excluding hydrogens is 1100 g/mol. The van der Waals surface area contributed by atoms with E-state index in [1.807, 2.05) is 72.8 Å². The Balaban J connectivity index is 0.000000287. The van der Waals surface area contributed by atoms with E-state index in [0.717, 1.165) is 101 Å². The summed E-state index contributed by atoms with van der Waals surface area (Å²) in [5.74, 6) is 2.40. The lowest BCUT2D eigenvalue weighted by Gasteiger charge is -2.31. The van der Waals surface area contributed by atoms with Gasteiger partial charge in [0.15, 0.2) is 0 Å². The number of carbonyl (C=O) groups is 2. The molecule has 2 heterocycles. The van der Waals surface area contributed by atoms with Gasteiger partial charge >= 0.3 is 12.2 Å². The summed E-state index contributed by atoms with van der Waals surface area (Å²) in [5, 5.41) is 25.4. The number of amides is 2. The second-order valence-electron chi connectivity index (χ2n) is 21.6. The van der Waals surface area contributed by atoms with Gasteiger partial charge in [0.05, 0.1) is 37.6 Å². The summed E-state index contributed by atoms with van der Waals surface area (Å²) in [6.45, 7) is 14.7. The van der Waals surface area contributed by atoms with Gasteiger partial charge in [0.2, 0.25) is 0 Å². The molecule has 0 spiro atoms. The number of benzene rings is 6. The number of ether oxygens (including phenoxy) is 6. The molecule has 0 radical (unpaired) electrons. The maximum absolute atomic E-state index is 14.7. The van der Waals surface area contributed by atoms with E-state index in [1.165, 1.54) is 24.3 Å². The van der Waals surface area contributed by atoms with Crippen LogP contribution in [-0.4, -0.2) is 111 Å². The minimum absolute atomic E-state index is 0.00498. The van der Waals surface area contributed by atoms with Gasteiger partial charge in [-0.3, -0.25) is 21.5 Å². The highest BCUT2D eigenvalue weighted by Gasteiger charge is 2.22. The van der Waals surface area contributed by atoms with Crippen LogP contribution in [-0.2, 0) is 22.7 Å². The van der Waals surface area contributed by atoms with Crippen LogP contribution in [0.5, 0.6) is 23.0 Å². The van der Waals surface area contributed by atoms with E-state index in [2.05, 4.69) is 40.9 Å². The highest BCUT2D eigenvalue weighted by atomic mass is 19.1. The first-order chi connectivity index (χ1) is 41.5. The zero-order valence-corrected chi connectivity index (χ0v) is 49.4. The topological polar surface area (TPSA) is 270 Å². The normalized spacial score (nSPS) is 13.9. The first-order valence-electron chi connectivity index (χ1n) is 29.0. The third-order valence-electron chi connectivity index (χ3n) is 13.8. The highest BCUT2D eigenvalue weighted by molar-refractivity contribution is 6.04. The maximum Gasteiger partial charge on any atom is 0.435 e. The number of likely N-dealkylation sites (tertiary alicyclic amines) is 2. The number of amidine groups is 4. The van der Waals surface area contributed by atoms with Crippen molar-refractivity contribution in [3.63, 3.8) is 0 Å². The molecule has 2 amide bonds. The molecule has 6 aromatic carbocycles. The molecule has 2 aliphatic rings. The monoisotopic (exact) mass is 1180 g/mol. The van der Waals surface area contributed by atoms with Gasteiger partial charge in [0.25, 0.3) is 0 Å². The van der Waals surface area contributed by atoms with Crippen molar-refractivity contribution < 1.29 is 46.8 Å². The molecule has 18 nitrogen and oxygen atoms in total. The SMILES string of the molecule is CC(C)C.N=C(N)c1ccc(OCC2CCN(CCCOc3ccc(C(=N)N)c(F)c3)CC2)cc1.N=C(NC(=O)OCc1ccccc1)c1ccc(OCC2CCN(CCCOc3ccc(/C(N)=N/C(=O)OCc4ccccc4)c(F)c3)CC2)cc1. The van der Waals surface area contributed by atoms with Crippen molar-refractivity contribution in [3.8, 4) is 23.0 Å². The molecule has 0 saturated carbocycles. The Kier molecular flexibility index (Phi) is 27.3. The van der Waals surface area contributed by atoms with Crippen LogP contribution in [0.2, 0.25) is 0 Å². The van der Waals surface area contributed by atoms with Crippen molar-refractivity contribution in [2.75, 3.05) is 65.7 Å². The molecule has 20 heteroatoms. The van der Waals surface area contributed by atoms with Crippen LogP contribution in [0.4, 0.5) is 18.4 Å². The number of hydrogen-bond donors (Lipinski definition) is 7. The van der Waals surface area contributed by atoms with Crippen molar-refractivity contribution in [2.45, 2.75) is 72.5 Å². The second kappa shape index (κ2) is 35.4. The Labute approximate surface area is 503 Å². The Morgan fingerprint density at radius 1 is 0.558 bits per heavy atom. The first-order valence-corrected chi connectivity index (χ1v) is 29.0. The molecule has 0 bridgehead atoms. The predicted octanol–water partition coefficient (Wildman–Crippen LogP) is 11.3. The third kappa shape index (κ3) is 24.0. The zero-order valence-electron chi connectivity index (χ0n) is 49.4. The predicted molar refractivity (Wildman–Crippen MR) is 332 cm³/mol. The summed E-state index contributed by atoms with van der Waals surface area (Å²) in [5.41, 5.74) is 19.6. The number of aliphatic imine (C=N–C) groups is 1. The molecule has 0 unspecified atom stereocenters. The summed E-state index contributed by atoms with van der Waals surface area (Å²) in [4.78, 5) is 32.6. The van der Waals surface area contributed by atoms with Crippen LogP contribution in [0.25, 0.3) is 0 Å². The molecule has 86 heavy (non-hydrogen) atoms. The van der Waals surface area contributed by atoms with Gasteiger partial charge in [-0.1, -0.05) is 81.4 Å². The van der Waals surface area contributed by atoms with Crippen molar-refractivity contribution in [1.29, 1.82) is 16.2 Å². The van der Waals surface area contributed by atoms with Crippen molar-refractivity contribution in [2.24, 2.45) is 39.9 Å². The fraction of sp³-hybridized carbons (Fsp3) is 0.364. The number of alkyl carbamates (subject to hydrolysis) is 1. The summed E-state index contributed by atoms with van der Waals surface area (Å²) in [6.07, 6.45) is 4.25. The molecule has 2 saturated heterocycles. The smallest absolute Gasteiger partial charge is 0.435 e. The van der Waals surface area contributed by atoms with E-state index in [-0.39, 0.29) is 47.7 Å². The molecule has 2 aliphatic heterocycles. The van der Waals surface area contributed by atoms with Crippen molar-refractivity contribution in [3.05, 3.63) is 191 Å². The number of hydrogen-bond acceptors (Lipinski definition) is 13. The molecule has 6 aromatic rings. The standard InChI is InChI=1S/C39H42FN5O6.C23H30FN5O2.C4H10/c40-35-24-33(16-17-34(35)37(42)44-39(47)51-27-29-10-5-2-6-11-29)48-23-7-20-45-21-18-30(19-22-45)25-49-32-14-12-31(13-15-32)36(41)43-38(46)50-26-28-8-3-1-4-9-28;24-21-14-19(6-7-20(21)23(27)28)30-13-1-10-29-11-8-16(9-12-29)15-31-18-4-2-17(3-5-18)22(25)26;1-4(2)3/h1-6,8-17,24,30H,7,18-23,25-27H2,(H2,41,43,46)(H2,42,44,47);2-7,14,16H,1,8-13,15H2,(H3,25,26)(H3,27,28);4H,1-3H3. The van der Waals surface area contributed by atoms with E-state index >= 15 is 0 Å². The number of halogens is 2. The minimum atomic E-state index is -0.896. The minimum Gasteiger partial charge on any atom is -0.493 e. The number of nitrogens with zero attached hydrogens (tertiary/aromatic N) is 3. The maximum atomic E-state index is 14.7. The van der Waals surface area contributed by atoms with E-state index < -0.39 is 23.8 Å². The fourth-order valence-corrected chi connectivity index (χ4v) is 9.03. The van der Waals surface area contributed by atoms with Crippen LogP contribution in [0.15, 0.2) is 151 Å². The largest absolute Gasteiger partial charge is 0.493 e. The number of nitrogens with two attached hydrogens (primary N) is 3. The van der Waals surface area contributed by atoms with Gasteiger partial charge in [0.1, 0.15) is 71.2 Å². The van der Waals surface area contributed by atoms with E-state index in [1.54, 1.807) is 48.5 Å². The van der Waals surface area contributed by atoms with Gasteiger partial charge in [-0.15, -0.1) is 0 Å². The third-order valence-corrected chi connectivity index (χ3v) is 13.8. The molecule has 458 valence electrons. The van der Waals surface area contributed by atoms with Crippen LogP contribution < -0.4 is 41.5 Å². The van der Waals surface area contributed by atoms with Crippen molar-refractivity contribution in [1.82, 2.24) is 15.1 Å². The first kappa shape index (κ1) is 66.3. The fourth-order valence-electron chi connectivity index (χ4n) is 9.03. The molecular formula is C66H82F2N10O8. The molecule has 10 N–H and O–H groups in total. The average Bonchev–Trinajstić information content (AvgIpc) is 3.56. The summed E-state index contributed by atoms with van der Waals surface area (Å²) >= 11 is 0. The number of piperidine rings is 2. The van der Waals surface area contributed by atoms with Gasteiger partial charge in [-0.25, -0.2) is 18.4 Å². The molecule has 0 aliphatic carbocycles. The summed E-state index contributed by atoms with van der Waals surface area (Å²) < 4.78 is 62.1. The van der Waals surface area contributed by atoms with Gasteiger partial charge < -0.3 is 55.4 Å². The lowest BCUT2D eigenvalue weighted by Crippen LogP contribution is -2.36. The van der Waals surface area contributed by atoms with E-state index in [9.17, 15) is 18.4 Å². The average molecular weight is 1180 g/mol. The van der Waals surface area contributed by atoms with Crippen LogP contribution >= 0.6 is 0 Å².